The minimum Gasteiger partial charge on any atom is -0.490 e. The summed E-state index contributed by atoms with van der Waals surface area (Å²) < 4.78 is 11.5. The Bertz CT molecular complexity index is 774. The van der Waals surface area contributed by atoms with Gasteiger partial charge in [0.2, 0.25) is 11.8 Å². The summed E-state index contributed by atoms with van der Waals surface area (Å²) in [4.78, 5) is 23.9. The minimum absolute atomic E-state index is 0.0703. The van der Waals surface area contributed by atoms with Crippen LogP contribution in [0, 0.1) is 5.41 Å². The normalized spacial score (nSPS) is 12.7. The van der Waals surface area contributed by atoms with Gasteiger partial charge in [-0.3, -0.25) is 9.59 Å². The summed E-state index contributed by atoms with van der Waals surface area (Å²) in [5.74, 6) is 1.15. The van der Waals surface area contributed by atoms with Crippen molar-refractivity contribution in [3.63, 3.8) is 0 Å². The smallest absolute Gasteiger partial charge is 0.225 e. The highest BCUT2D eigenvalue weighted by Gasteiger charge is 2.21. The van der Waals surface area contributed by atoms with Crippen LogP contribution in [0.2, 0.25) is 0 Å². The summed E-state index contributed by atoms with van der Waals surface area (Å²) in [7, 11) is 0. The van der Waals surface area contributed by atoms with Crippen LogP contribution in [-0.4, -0.2) is 25.0 Å². The molecule has 2 rings (SSSR count). The second-order valence-electron chi connectivity index (χ2n) is 7.30. The van der Waals surface area contributed by atoms with E-state index >= 15 is 0 Å². The lowest BCUT2D eigenvalue weighted by molar-refractivity contribution is -0.128. The lowest BCUT2D eigenvalue weighted by Gasteiger charge is -2.17. The van der Waals surface area contributed by atoms with Crippen molar-refractivity contribution in [2.24, 2.45) is 5.41 Å². The highest BCUT2D eigenvalue weighted by Crippen LogP contribution is 2.31. The summed E-state index contributed by atoms with van der Waals surface area (Å²) >= 11 is 0. The molecule has 0 fully saturated rings. The second kappa shape index (κ2) is 8.25. The molecule has 0 bridgehead atoms. The topological polar surface area (TPSA) is 80.6 Å². The molecule has 0 saturated heterocycles. The first-order valence-electron chi connectivity index (χ1n) is 8.95. The van der Waals surface area contributed by atoms with Gasteiger partial charge in [-0.15, -0.1) is 0 Å². The molecule has 0 spiro atoms. The van der Waals surface area contributed by atoms with Gasteiger partial charge in [-0.05, 0) is 26.0 Å². The molecule has 2 N–H and O–H groups in total. The van der Waals surface area contributed by atoms with E-state index in [4.69, 9.17) is 9.15 Å². The Morgan fingerprint density at radius 2 is 2.00 bits per heavy atom. The molecule has 6 heteroatoms. The summed E-state index contributed by atoms with van der Waals surface area (Å²) in [5, 5.41) is 6.60. The number of ether oxygens (including phenoxy) is 1. The van der Waals surface area contributed by atoms with Crippen LogP contribution in [0.3, 0.4) is 0 Å². The quantitative estimate of drug-likeness (QED) is 0.791. The molecule has 2 amide bonds. The lowest BCUT2D eigenvalue weighted by Crippen LogP contribution is -2.37. The fourth-order valence-corrected chi connectivity index (χ4v) is 2.48. The fraction of sp³-hybridized carbons (Fsp3) is 0.500. The maximum absolute atomic E-state index is 12.1. The Kier molecular flexibility index (Phi) is 6.29. The molecule has 2 aromatic rings. The van der Waals surface area contributed by atoms with Gasteiger partial charge in [-0.2, -0.15) is 0 Å². The Labute approximate surface area is 154 Å². The number of hydrogen-bond donors (Lipinski definition) is 2. The van der Waals surface area contributed by atoms with Gasteiger partial charge in [0.25, 0.3) is 0 Å². The van der Waals surface area contributed by atoms with Gasteiger partial charge in [0.1, 0.15) is 5.76 Å². The molecule has 26 heavy (non-hydrogen) atoms. The van der Waals surface area contributed by atoms with Crippen LogP contribution in [0.25, 0.3) is 11.0 Å². The zero-order valence-corrected chi connectivity index (χ0v) is 16.1. The maximum Gasteiger partial charge on any atom is 0.225 e. The molecule has 142 valence electrons. The Balaban J connectivity index is 1.94. The highest BCUT2D eigenvalue weighted by atomic mass is 16.5. The molecule has 0 aliphatic rings. The van der Waals surface area contributed by atoms with Crippen LogP contribution in [0.15, 0.2) is 28.7 Å². The Hall–Kier alpha value is -2.50. The zero-order chi connectivity index (χ0) is 19.3. The number of nitrogens with one attached hydrogen (secondary N) is 2. The largest absolute Gasteiger partial charge is 0.490 e. The average molecular weight is 360 g/mol. The Morgan fingerprint density at radius 3 is 2.65 bits per heavy atom. The summed E-state index contributed by atoms with van der Waals surface area (Å²) in [6.45, 7) is 10.2. The molecule has 0 saturated carbocycles. The summed E-state index contributed by atoms with van der Waals surface area (Å²) in [6, 6.07) is 7.35. The predicted octanol–water partition coefficient (Wildman–Crippen LogP) is 3.56. The van der Waals surface area contributed by atoms with Crippen molar-refractivity contribution in [3.8, 4) is 5.75 Å². The summed E-state index contributed by atoms with van der Waals surface area (Å²) in [6.07, 6.45) is 0.219. The first kappa shape index (κ1) is 19.8. The van der Waals surface area contributed by atoms with Crippen LogP contribution < -0.4 is 15.4 Å². The van der Waals surface area contributed by atoms with Crippen molar-refractivity contribution >= 4 is 22.8 Å². The number of amides is 2. The van der Waals surface area contributed by atoms with Gasteiger partial charge in [0.15, 0.2) is 11.3 Å². The molecule has 0 aliphatic heterocycles. The molecular weight excluding hydrogens is 332 g/mol. The van der Waals surface area contributed by atoms with E-state index in [1.54, 1.807) is 0 Å². The molecule has 1 aromatic heterocycles. The van der Waals surface area contributed by atoms with Crippen LogP contribution >= 0.6 is 0 Å². The monoisotopic (exact) mass is 360 g/mol. The number of rotatable bonds is 7. The van der Waals surface area contributed by atoms with Crippen LogP contribution in [0.1, 0.15) is 52.8 Å². The zero-order valence-electron chi connectivity index (χ0n) is 16.1. The number of benzene rings is 1. The van der Waals surface area contributed by atoms with E-state index < -0.39 is 5.41 Å². The minimum atomic E-state index is -0.462. The number of carbonyl (C=O) groups is 2. The first-order valence-corrected chi connectivity index (χ1v) is 8.95. The van der Waals surface area contributed by atoms with E-state index in [0.29, 0.717) is 30.2 Å². The third-order valence-corrected chi connectivity index (χ3v) is 3.95. The number of furan rings is 1. The average Bonchev–Trinajstić information content (AvgIpc) is 2.99. The van der Waals surface area contributed by atoms with Crippen molar-refractivity contribution in [2.75, 3.05) is 13.2 Å². The summed E-state index contributed by atoms with van der Waals surface area (Å²) in [5.41, 5.74) is 0.221. The highest BCUT2D eigenvalue weighted by molar-refractivity contribution is 5.84. The molecular formula is C20H28N2O4. The van der Waals surface area contributed by atoms with Crippen LogP contribution in [0.4, 0.5) is 0 Å². The van der Waals surface area contributed by atoms with Crippen LogP contribution in [0.5, 0.6) is 5.75 Å². The molecule has 1 unspecified atom stereocenters. The van der Waals surface area contributed by atoms with Gasteiger partial charge >= 0.3 is 0 Å². The van der Waals surface area contributed by atoms with Gasteiger partial charge < -0.3 is 19.8 Å². The van der Waals surface area contributed by atoms with Crippen molar-refractivity contribution in [2.45, 2.75) is 47.1 Å². The predicted molar refractivity (Wildman–Crippen MR) is 101 cm³/mol. The van der Waals surface area contributed by atoms with Crippen molar-refractivity contribution < 1.29 is 18.7 Å². The van der Waals surface area contributed by atoms with E-state index in [9.17, 15) is 9.59 Å². The van der Waals surface area contributed by atoms with E-state index in [2.05, 4.69) is 10.6 Å². The van der Waals surface area contributed by atoms with Crippen LogP contribution in [-0.2, 0) is 9.59 Å². The molecule has 0 aliphatic carbocycles. The number of hydrogen-bond acceptors (Lipinski definition) is 4. The number of para-hydroxylation sites is 1. The Morgan fingerprint density at radius 1 is 1.27 bits per heavy atom. The van der Waals surface area contributed by atoms with Crippen molar-refractivity contribution in [1.82, 2.24) is 10.6 Å². The number of fused-ring (bicyclic) bond motifs is 1. The van der Waals surface area contributed by atoms with Crippen molar-refractivity contribution in [3.05, 3.63) is 30.0 Å². The SMILES string of the molecule is CCOc1cccc2cc(C(C)NC(=O)CCNC(=O)C(C)(C)C)oc12. The second-order valence-corrected chi connectivity index (χ2v) is 7.30. The van der Waals surface area contributed by atoms with E-state index in [0.717, 1.165) is 5.39 Å². The fourth-order valence-electron chi connectivity index (χ4n) is 2.48. The van der Waals surface area contributed by atoms with E-state index in [1.165, 1.54) is 0 Å². The molecule has 1 aromatic carbocycles. The molecule has 1 heterocycles. The van der Waals surface area contributed by atoms with Gasteiger partial charge in [-0.25, -0.2) is 0 Å². The standard InChI is InChI=1S/C20H28N2O4/c1-6-25-15-9-7-8-14-12-16(26-18(14)15)13(2)22-17(23)10-11-21-19(24)20(3,4)5/h7-9,12-13H,6,10-11H2,1-5H3,(H,21,24)(H,22,23). The van der Waals surface area contributed by atoms with Gasteiger partial charge in [0, 0.05) is 23.8 Å². The number of carbonyl (C=O) groups excluding carboxylic acids is 2. The van der Waals surface area contributed by atoms with Gasteiger partial charge in [0.05, 0.1) is 12.6 Å². The third-order valence-electron chi connectivity index (χ3n) is 3.95. The molecule has 6 nitrogen and oxygen atoms in total. The molecule has 0 radical (unpaired) electrons. The molecule has 1 atom stereocenters. The van der Waals surface area contributed by atoms with E-state index in [-0.39, 0.29) is 24.3 Å². The third kappa shape index (κ3) is 5.00. The van der Waals surface area contributed by atoms with E-state index in [1.807, 2.05) is 58.9 Å². The maximum atomic E-state index is 12.1. The van der Waals surface area contributed by atoms with Crippen molar-refractivity contribution in [1.29, 1.82) is 0 Å². The lowest BCUT2D eigenvalue weighted by atomic mass is 9.96. The first-order chi connectivity index (χ1) is 12.2. The van der Waals surface area contributed by atoms with Gasteiger partial charge in [-0.1, -0.05) is 32.9 Å².